The summed E-state index contributed by atoms with van der Waals surface area (Å²) in [6, 6.07) is 0. The molecule has 0 aromatic rings. The molecule has 3 rings (SSSR count). The van der Waals surface area contributed by atoms with Crippen LogP contribution in [0.1, 0.15) is 19.8 Å². The van der Waals surface area contributed by atoms with Gasteiger partial charge in [-0.1, -0.05) is 0 Å². The number of fused-ring (bicyclic) bond motifs is 5. The van der Waals surface area contributed by atoms with E-state index in [0.717, 1.165) is 12.5 Å². The van der Waals surface area contributed by atoms with Crippen LogP contribution < -0.4 is 5.32 Å². The van der Waals surface area contributed by atoms with Gasteiger partial charge in [0.25, 0.3) is 0 Å². The second-order valence-electron chi connectivity index (χ2n) is 4.17. The van der Waals surface area contributed by atoms with Gasteiger partial charge >= 0.3 is 0 Å². The molecule has 4 unspecified atom stereocenters. The van der Waals surface area contributed by atoms with Crippen LogP contribution in [-0.4, -0.2) is 18.2 Å². The van der Waals surface area contributed by atoms with Crippen LogP contribution in [0.4, 0.5) is 0 Å². The minimum atomic E-state index is 0.138. The molecule has 0 amide bonds. The molecule has 3 heterocycles. The summed E-state index contributed by atoms with van der Waals surface area (Å²) in [5.41, 5.74) is 0.138. The van der Waals surface area contributed by atoms with Crippen LogP contribution in [0.2, 0.25) is 0 Å². The summed E-state index contributed by atoms with van der Waals surface area (Å²) in [4.78, 5) is 0. The van der Waals surface area contributed by atoms with Crippen molar-refractivity contribution >= 4 is 0 Å². The number of rotatable bonds is 0. The van der Waals surface area contributed by atoms with Crippen molar-refractivity contribution < 1.29 is 4.74 Å². The molecule has 2 nitrogen and oxygen atoms in total. The predicted molar refractivity (Wildman–Crippen MR) is 40.7 cm³/mol. The quantitative estimate of drug-likeness (QED) is 0.553. The van der Waals surface area contributed by atoms with Crippen LogP contribution in [0.3, 0.4) is 0 Å². The average molecular weight is 151 g/mol. The molecule has 3 saturated heterocycles. The van der Waals surface area contributed by atoms with Crippen molar-refractivity contribution in [2.24, 2.45) is 11.8 Å². The average Bonchev–Trinajstić information content (AvgIpc) is 2.53. The summed E-state index contributed by atoms with van der Waals surface area (Å²) >= 11 is 0. The lowest BCUT2D eigenvalue weighted by molar-refractivity contribution is 0.00941. The van der Waals surface area contributed by atoms with Gasteiger partial charge < -0.3 is 10.1 Å². The van der Waals surface area contributed by atoms with Crippen LogP contribution in [0, 0.1) is 18.4 Å². The molecule has 3 aliphatic rings. The third-order valence-corrected chi connectivity index (χ3v) is 3.50. The Bertz CT molecular complexity index is 194. The topological polar surface area (TPSA) is 21.3 Å². The maximum Gasteiger partial charge on any atom is 0.0710 e. The zero-order chi connectivity index (χ0) is 7.47. The molecule has 0 saturated carbocycles. The number of hydrogen-bond acceptors (Lipinski definition) is 2. The normalized spacial score (nSPS) is 60.3. The number of ether oxygens (including phenoxy) is 1. The van der Waals surface area contributed by atoms with Crippen LogP contribution in [0.5, 0.6) is 0 Å². The summed E-state index contributed by atoms with van der Waals surface area (Å²) < 4.78 is 5.92. The first-order chi connectivity index (χ1) is 5.30. The van der Waals surface area contributed by atoms with E-state index in [-0.39, 0.29) is 5.60 Å². The van der Waals surface area contributed by atoms with E-state index in [1.165, 1.54) is 12.8 Å². The summed E-state index contributed by atoms with van der Waals surface area (Å²) in [6.45, 7) is 6.64. The van der Waals surface area contributed by atoms with E-state index in [4.69, 9.17) is 4.74 Å². The highest BCUT2D eigenvalue weighted by Crippen LogP contribution is 2.53. The highest BCUT2D eigenvalue weighted by molar-refractivity contribution is 5.12. The molecule has 1 N–H and O–H groups in total. The van der Waals surface area contributed by atoms with Crippen LogP contribution in [0.25, 0.3) is 0 Å². The molecular formula is C9H13NO. The molecular weight excluding hydrogens is 138 g/mol. The van der Waals surface area contributed by atoms with Crippen molar-refractivity contribution in [1.29, 1.82) is 0 Å². The van der Waals surface area contributed by atoms with Crippen LogP contribution in [0.15, 0.2) is 0 Å². The number of nitrogens with one attached hydrogen (secondary N) is 1. The Balaban J connectivity index is 1.98. The van der Waals surface area contributed by atoms with Gasteiger partial charge in [0.2, 0.25) is 0 Å². The summed E-state index contributed by atoms with van der Waals surface area (Å²) in [7, 11) is 0. The van der Waals surface area contributed by atoms with Crippen molar-refractivity contribution in [3.05, 3.63) is 6.54 Å². The molecule has 0 spiro atoms. The van der Waals surface area contributed by atoms with E-state index in [0.29, 0.717) is 12.0 Å². The lowest BCUT2D eigenvalue weighted by atomic mass is 9.75. The third-order valence-electron chi connectivity index (χ3n) is 3.50. The van der Waals surface area contributed by atoms with E-state index in [1.807, 2.05) is 0 Å². The van der Waals surface area contributed by atoms with Crippen molar-refractivity contribution in [1.82, 2.24) is 5.32 Å². The Labute approximate surface area is 67.3 Å². The van der Waals surface area contributed by atoms with E-state index in [9.17, 15) is 0 Å². The zero-order valence-electron chi connectivity index (χ0n) is 6.76. The van der Waals surface area contributed by atoms with Gasteiger partial charge in [0.1, 0.15) is 0 Å². The van der Waals surface area contributed by atoms with E-state index in [1.54, 1.807) is 0 Å². The fourth-order valence-corrected chi connectivity index (χ4v) is 2.89. The van der Waals surface area contributed by atoms with Gasteiger partial charge in [0.05, 0.1) is 18.2 Å². The Hall–Kier alpha value is -0.0800. The predicted octanol–water partition coefficient (Wildman–Crippen LogP) is 0.812. The molecule has 0 aromatic carbocycles. The minimum Gasteiger partial charge on any atom is -0.371 e. The Morgan fingerprint density at radius 2 is 2.55 bits per heavy atom. The van der Waals surface area contributed by atoms with Gasteiger partial charge in [-0.05, 0) is 19.8 Å². The smallest absolute Gasteiger partial charge is 0.0710 e. The first kappa shape index (κ1) is 6.44. The molecule has 3 fully saturated rings. The SMILES string of the molecule is CC12CCC(O1)C1CN[C]C12. The van der Waals surface area contributed by atoms with Gasteiger partial charge in [0.15, 0.2) is 0 Å². The van der Waals surface area contributed by atoms with Crippen molar-refractivity contribution in [3.8, 4) is 0 Å². The number of hydrogen-bond donors (Lipinski definition) is 1. The third kappa shape index (κ3) is 0.651. The van der Waals surface area contributed by atoms with Crippen molar-refractivity contribution in [2.45, 2.75) is 31.5 Å². The fourth-order valence-electron chi connectivity index (χ4n) is 2.89. The van der Waals surface area contributed by atoms with Gasteiger partial charge in [-0.3, -0.25) is 0 Å². The lowest BCUT2D eigenvalue weighted by Gasteiger charge is -2.27. The van der Waals surface area contributed by atoms with E-state index < -0.39 is 0 Å². The standard InChI is InChI=1S/C9H13NO/c1-9-3-2-8(11-9)6-4-10-5-7(6)9/h6-8,10H,2-4H2,1H3. The maximum absolute atomic E-state index is 5.92. The maximum atomic E-state index is 5.92. The molecule has 60 valence electrons. The molecule has 2 heteroatoms. The molecule has 4 atom stereocenters. The van der Waals surface area contributed by atoms with Crippen LogP contribution >= 0.6 is 0 Å². The second kappa shape index (κ2) is 1.80. The summed E-state index contributed by atoms with van der Waals surface area (Å²) in [6.07, 6.45) is 3.03. The van der Waals surface area contributed by atoms with E-state index in [2.05, 4.69) is 18.8 Å². The van der Waals surface area contributed by atoms with Crippen LogP contribution in [-0.2, 0) is 4.74 Å². The van der Waals surface area contributed by atoms with Gasteiger partial charge in [-0.25, -0.2) is 0 Å². The van der Waals surface area contributed by atoms with Gasteiger partial charge in [0, 0.05) is 18.4 Å². The Kier molecular flexibility index (Phi) is 1.06. The zero-order valence-corrected chi connectivity index (χ0v) is 6.76. The second-order valence-corrected chi connectivity index (χ2v) is 4.17. The monoisotopic (exact) mass is 151 g/mol. The molecule has 11 heavy (non-hydrogen) atoms. The molecule has 2 bridgehead atoms. The summed E-state index contributed by atoms with van der Waals surface area (Å²) in [5, 5.41) is 3.22. The molecule has 3 aliphatic heterocycles. The highest BCUT2D eigenvalue weighted by atomic mass is 16.5. The van der Waals surface area contributed by atoms with Crippen molar-refractivity contribution in [3.63, 3.8) is 0 Å². The fraction of sp³-hybridized carbons (Fsp3) is 0.889. The minimum absolute atomic E-state index is 0.138. The highest BCUT2D eigenvalue weighted by Gasteiger charge is 2.58. The first-order valence-electron chi connectivity index (χ1n) is 4.46. The van der Waals surface area contributed by atoms with E-state index >= 15 is 0 Å². The Morgan fingerprint density at radius 1 is 1.64 bits per heavy atom. The lowest BCUT2D eigenvalue weighted by Crippen LogP contribution is -2.32. The Morgan fingerprint density at radius 3 is 3.36 bits per heavy atom. The van der Waals surface area contributed by atoms with Gasteiger partial charge in [-0.2, -0.15) is 0 Å². The van der Waals surface area contributed by atoms with Crippen molar-refractivity contribution in [2.75, 3.05) is 6.54 Å². The van der Waals surface area contributed by atoms with Gasteiger partial charge in [-0.15, -0.1) is 0 Å². The molecule has 0 aromatic heterocycles. The largest absolute Gasteiger partial charge is 0.371 e. The molecule has 2 radical (unpaired) electrons. The summed E-state index contributed by atoms with van der Waals surface area (Å²) in [5.74, 6) is 1.30. The molecule has 0 aliphatic carbocycles. The first-order valence-corrected chi connectivity index (χ1v) is 4.46.